The summed E-state index contributed by atoms with van der Waals surface area (Å²) in [4.78, 5) is 53.0. The molecule has 3 amide bonds. The first-order valence-electron chi connectivity index (χ1n) is 11.9. The lowest BCUT2D eigenvalue weighted by molar-refractivity contribution is -0.127. The van der Waals surface area contributed by atoms with Crippen molar-refractivity contribution in [3.05, 3.63) is 77.6 Å². The van der Waals surface area contributed by atoms with Crippen molar-refractivity contribution in [3.63, 3.8) is 0 Å². The molecule has 36 heavy (non-hydrogen) atoms. The largest absolute Gasteiger partial charge is 0.464 e. The Balaban J connectivity index is 1.70. The highest BCUT2D eigenvalue weighted by atomic mass is 16.3. The van der Waals surface area contributed by atoms with Gasteiger partial charge in [-0.1, -0.05) is 25.0 Å². The van der Waals surface area contributed by atoms with Gasteiger partial charge in [0.15, 0.2) is 17.6 Å². The normalized spacial score (nSPS) is 14.3. The molecule has 0 spiro atoms. The Hall–Kier alpha value is -4.14. The molecule has 0 unspecified atom stereocenters. The van der Waals surface area contributed by atoms with E-state index in [1.807, 2.05) is 0 Å². The molecule has 2 aromatic heterocycles. The number of Topliss-reactive ketones (excluding diaryl/α,β-unsaturated/α-hetero) is 1. The summed E-state index contributed by atoms with van der Waals surface area (Å²) in [5, 5.41) is 5.60. The maximum atomic E-state index is 13.6. The topological polar surface area (TPSA) is 122 Å². The molecule has 0 saturated heterocycles. The van der Waals surface area contributed by atoms with Gasteiger partial charge in [-0.05, 0) is 63.1 Å². The molecule has 0 bridgehead atoms. The number of carbonyl (C=O) groups excluding carboxylic acids is 4. The summed E-state index contributed by atoms with van der Waals surface area (Å²) in [6, 6.07) is 11.8. The van der Waals surface area contributed by atoms with Crippen molar-refractivity contribution in [1.82, 2.24) is 10.6 Å². The fourth-order valence-electron chi connectivity index (χ4n) is 4.37. The molecule has 1 aliphatic rings. The number of rotatable bonds is 9. The minimum absolute atomic E-state index is 0.00946. The Morgan fingerprint density at radius 1 is 1.06 bits per heavy atom. The molecule has 3 aromatic rings. The summed E-state index contributed by atoms with van der Waals surface area (Å²) < 4.78 is 10.9. The molecule has 9 heteroatoms. The zero-order valence-corrected chi connectivity index (χ0v) is 20.3. The summed E-state index contributed by atoms with van der Waals surface area (Å²) in [5.74, 6) is -0.777. The van der Waals surface area contributed by atoms with Crippen molar-refractivity contribution < 1.29 is 28.0 Å². The molecule has 1 aliphatic carbocycles. The smallest absolute Gasteiger partial charge is 0.287 e. The van der Waals surface area contributed by atoms with Crippen LogP contribution in [0.15, 0.2) is 63.6 Å². The van der Waals surface area contributed by atoms with Crippen LogP contribution in [0.4, 0.5) is 5.69 Å². The van der Waals surface area contributed by atoms with Gasteiger partial charge in [0.2, 0.25) is 5.91 Å². The van der Waals surface area contributed by atoms with Crippen LogP contribution in [0.1, 0.15) is 71.1 Å². The van der Waals surface area contributed by atoms with Gasteiger partial charge in [-0.15, -0.1) is 0 Å². The second-order valence-corrected chi connectivity index (χ2v) is 8.87. The third kappa shape index (κ3) is 5.73. The number of aryl methyl sites for hydroxylation is 1. The van der Waals surface area contributed by atoms with Gasteiger partial charge in [0, 0.05) is 17.3 Å². The number of carbonyl (C=O) groups is 4. The standard InChI is InChI=1S/C27H29N3O6/c1-17-12-13-22(36-17)25(27(34)29-20-8-3-4-9-20)30(21-10-5-7-19(15-21)18(2)31)24(32)16-28-26(33)23-11-6-14-35-23/h5-7,10-15,20,25H,3-4,8-9,16H2,1-2H3,(H,28,33)(H,29,34)/t25-/m1/s1. The third-order valence-electron chi connectivity index (χ3n) is 6.18. The number of ketones is 1. The van der Waals surface area contributed by atoms with E-state index < -0.39 is 30.3 Å². The lowest BCUT2D eigenvalue weighted by atomic mass is 10.1. The van der Waals surface area contributed by atoms with Gasteiger partial charge < -0.3 is 19.5 Å². The van der Waals surface area contributed by atoms with Gasteiger partial charge in [-0.3, -0.25) is 24.1 Å². The van der Waals surface area contributed by atoms with Gasteiger partial charge in [0.25, 0.3) is 11.8 Å². The highest BCUT2D eigenvalue weighted by Crippen LogP contribution is 2.31. The van der Waals surface area contributed by atoms with E-state index in [-0.39, 0.29) is 23.3 Å². The first-order valence-corrected chi connectivity index (χ1v) is 11.9. The van der Waals surface area contributed by atoms with Gasteiger partial charge in [0.05, 0.1) is 12.8 Å². The van der Waals surface area contributed by atoms with Crippen LogP contribution in [-0.4, -0.2) is 36.1 Å². The molecule has 1 fully saturated rings. The molecular weight excluding hydrogens is 462 g/mol. The van der Waals surface area contributed by atoms with Crippen LogP contribution >= 0.6 is 0 Å². The highest BCUT2D eigenvalue weighted by molar-refractivity contribution is 6.05. The average Bonchev–Trinajstić information content (AvgIpc) is 3.64. The first kappa shape index (κ1) is 25.0. The molecule has 4 rings (SSSR count). The third-order valence-corrected chi connectivity index (χ3v) is 6.18. The van der Waals surface area contributed by atoms with E-state index >= 15 is 0 Å². The van der Waals surface area contributed by atoms with Crippen molar-refractivity contribution in [3.8, 4) is 0 Å². The van der Waals surface area contributed by atoms with E-state index in [0.717, 1.165) is 25.7 Å². The summed E-state index contributed by atoms with van der Waals surface area (Å²) in [6.45, 7) is 2.77. The fraction of sp³-hybridized carbons (Fsp3) is 0.333. The van der Waals surface area contributed by atoms with Crippen molar-refractivity contribution >= 4 is 29.2 Å². The lowest BCUT2D eigenvalue weighted by Gasteiger charge is -2.31. The molecule has 0 aliphatic heterocycles. The number of hydrogen-bond donors (Lipinski definition) is 2. The summed E-state index contributed by atoms with van der Waals surface area (Å²) in [6.07, 6.45) is 5.14. The predicted octanol–water partition coefficient (Wildman–Crippen LogP) is 3.95. The molecule has 1 atom stereocenters. The average molecular weight is 492 g/mol. The van der Waals surface area contributed by atoms with Gasteiger partial charge in [0.1, 0.15) is 11.5 Å². The maximum absolute atomic E-state index is 13.6. The zero-order chi connectivity index (χ0) is 25.7. The van der Waals surface area contributed by atoms with E-state index in [1.54, 1.807) is 49.4 Å². The van der Waals surface area contributed by atoms with E-state index in [0.29, 0.717) is 17.0 Å². The van der Waals surface area contributed by atoms with Crippen molar-refractivity contribution in [2.75, 3.05) is 11.4 Å². The Bertz CT molecular complexity index is 1240. The van der Waals surface area contributed by atoms with Gasteiger partial charge in [-0.25, -0.2) is 0 Å². The Labute approximate surface area is 208 Å². The molecule has 188 valence electrons. The molecular formula is C27H29N3O6. The van der Waals surface area contributed by atoms with Crippen LogP contribution < -0.4 is 15.5 Å². The SMILES string of the molecule is CC(=O)c1cccc(N(C(=O)CNC(=O)c2ccco2)[C@@H](C(=O)NC2CCCC2)c2ccc(C)o2)c1. The Kier molecular flexibility index (Phi) is 7.68. The summed E-state index contributed by atoms with van der Waals surface area (Å²) in [5.41, 5.74) is 0.719. The van der Waals surface area contributed by atoms with Crippen LogP contribution in [0.25, 0.3) is 0 Å². The second kappa shape index (κ2) is 11.1. The van der Waals surface area contributed by atoms with E-state index in [1.165, 1.54) is 24.2 Å². The molecule has 2 heterocycles. The van der Waals surface area contributed by atoms with Crippen molar-refractivity contribution in [2.24, 2.45) is 0 Å². The highest BCUT2D eigenvalue weighted by Gasteiger charge is 2.36. The van der Waals surface area contributed by atoms with E-state index in [2.05, 4.69) is 10.6 Å². The molecule has 0 radical (unpaired) electrons. The number of furan rings is 2. The zero-order valence-electron chi connectivity index (χ0n) is 20.3. The van der Waals surface area contributed by atoms with Gasteiger partial charge in [-0.2, -0.15) is 0 Å². The lowest BCUT2D eigenvalue weighted by Crippen LogP contribution is -2.49. The number of hydrogen-bond acceptors (Lipinski definition) is 6. The Morgan fingerprint density at radius 3 is 2.47 bits per heavy atom. The quantitative estimate of drug-likeness (QED) is 0.437. The van der Waals surface area contributed by atoms with Crippen LogP contribution in [0, 0.1) is 6.92 Å². The maximum Gasteiger partial charge on any atom is 0.287 e. The van der Waals surface area contributed by atoms with Crippen LogP contribution in [-0.2, 0) is 9.59 Å². The summed E-state index contributed by atoms with van der Waals surface area (Å²) in [7, 11) is 0. The number of benzene rings is 1. The van der Waals surface area contributed by atoms with Crippen LogP contribution in [0.3, 0.4) is 0 Å². The van der Waals surface area contributed by atoms with E-state index in [4.69, 9.17) is 8.83 Å². The number of nitrogens with zero attached hydrogens (tertiary/aromatic N) is 1. The van der Waals surface area contributed by atoms with E-state index in [9.17, 15) is 19.2 Å². The Morgan fingerprint density at radius 2 is 1.83 bits per heavy atom. The first-order chi connectivity index (χ1) is 17.3. The predicted molar refractivity (Wildman–Crippen MR) is 132 cm³/mol. The molecule has 2 N–H and O–H groups in total. The fourth-order valence-corrected chi connectivity index (χ4v) is 4.37. The molecule has 1 saturated carbocycles. The number of amides is 3. The molecule has 9 nitrogen and oxygen atoms in total. The van der Waals surface area contributed by atoms with Crippen molar-refractivity contribution in [2.45, 2.75) is 51.6 Å². The van der Waals surface area contributed by atoms with Crippen LogP contribution in [0.2, 0.25) is 0 Å². The summed E-state index contributed by atoms with van der Waals surface area (Å²) >= 11 is 0. The second-order valence-electron chi connectivity index (χ2n) is 8.87. The van der Waals surface area contributed by atoms with Gasteiger partial charge >= 0.3 is 0 Å². The minimum Gasteiger partial charge on any atom is -0.464 e. The minimum atomic E-state index is -1.14. The van der Waals surface area contributed by atoms with Crippen LogP contribution in [0.5, 0.6) is 0 Å². The molecule has 1 aromatic carbocycles. The monoisotopic (exact) mass is 491 g/mol. The van der Waals surface area contributed by atoms with Crippen molar-refractivity contribution in [1.29, 1.82) is 0 Å². The number of nitrogens with one attached hydrogen (secondary N) is 2. The number of anilines is 1.